The minimum atomic E-state index is -4.96. The first kappa shape index (κ1) is 20.2. The molecule has 0 unspecified atom stereocenters. The van der Waals surface area contributed by atoms with E-state index in [-0.39, 0.29) is 12.1 Å². The molecule has 3 aromatic rings. The Morgan fingerprint density at radius 3 is 2.66 bits per heavy atom. The third kappa shape index (κ3) is 5.06. The third-order valence-electron chi connectivity index (χ3n) is 3.93. The molecule has 0 saturated heterocycles. The van der Waals surface area contributed by atoms with Crippen molar-refractivity contribution in [2.75, 3.05) is 5.32 Å². The van der Waals surface area contributed by atoms with Gasteiger partial charge in [0.05, 0.1) is 27.5 Å². The van der Waals surface area contributed by atoms with Crippen molar-refractivity contribution in [3.05, 3.63) is 82.1 Å². The lowest BCUT2D eigenvalue weighted by molar-refractivity contribution is -0.167. The zero-order chi connectivity index (χ0) is 21.0. The summed E-state index contributed by atoms with van der Waals surface area (Å²) in [6, 6.07) is 16.7. The van der Waals surface area contributed by atoms with Gasteiger partial charge in [-0.2, -0.15) is 23.5 Å². The van der Waals surface area contributed by atoms with Gasteiger partial charge in [0.1, 0.15) is 0 Å². The number of nitrogens with zero attached hydrogens (tertiary/aromatic N) is 3. The van der Waals surface area contributed by atoms with Crippen LogP contribution in [-0.4, -0.2) is 21.9 Å². The number of hydrogen-bond donors (Lipinski definition) is 1. The molecule has 0 bridgehead atoms. The molecule has 1 heterocycles. The van der Waals surface area contributed by atoms with E-state index < -0.39 is 12.1 Å². The van der Waals surface area contributed by atoms with E-state index in [1.807, 2.05) is 5.32 Å². The van der Waals surface area contributed by atoms with Crippen molar-refractivity contribution in [3.63, 3.8) is 0 Å². The highest BCUT2D eigenvalue weighted by atomic mass is 32.1. The van der Waals surface area contributed by atoms with Crippen LogP contribution in [0.5, 0.6) is 0 Å². The summed E-state index contributed by atoms with van der Waals surface area (Å²) in [5.74, 6) is -2.04. The minimum Gasteiger partial charge on any atom is -0.318 e. The van der Waals surface area contributed by atoms with Crippen LogP contribution in [0, 0.1) is 15.8 Å². The number of anilines is 1. The molecular formula is C20H13F3N4OS. The number of aromatic nitrogens is 2. The van der Waals surface area contributed by atoms with E-state index in [9.17, 15) is 18.0 Å². The van der Waals surface area contributed by atoms with Gasteiger partial charge in [-0.05, 0) is 42.0 Å². The molecule has 0 saturated carbocycles. The van der Waals surface area contributed by atoms with Gasteiger partial charge in [0, 0.05) is 18.3 Å². The van der Waals surface area contributed by atoms with E-state index in [0.29, 0.717) is 27.0 Å². The van der Waals surface area contributed by atoms with Crippen LogP contribution in [-0.2, 0) is 11.2 Å². The molecule has 5 nitrogen and oxygen atoms in total. The molecule has 0 radical (unpaired) electrons. The normalized spacial score (nSPS) is 11.0. The standard InChI is InChI=1S/C20H13F3N4OS/c21-20(22,23)19(28)25-15-5-1-3-13(9-15)11-17-18(29)7-8-27(26-17)16-6-2-4-14(10-16)12-24/h1-10H,11H2,(H,25,28). The molecule has 0 atom stereocenters. The Balaban J connectivity index is 1.87. The average Bonchev–Trinajstić information content (AvgIpc) is 2.69. The summed E-state index contributed by atoms with van der Waals surface area (Å²) >= 11 is 5.31. The Hall–Kier alpha value is -3.51. The Morgan fingerprint density at radius 1 is 1.17 bits per heavy atom. The highest BCUT2D eigenvalue weighted by molar-refractivity contribution is 7.71. The molecule has 2 aromatic carbocycles. The second-order valence-corrected chi connectivity index (χ2v) is 6.50. The van der Waals surface area contributed by atoms with Gasteiger partial charge >= 0.3 is 12.1 Å². The first-order valence-electron chi connectivity index (χ1n) is 8.33. The van der Waals surface area contributed by atoms with Crippen molar-refractivity contribution in [1.82, 2.24) is 9.78 Å². The van der Waals surface area contributed by atoms with E-state index in [1.54, 1.807) is 47.3 Å². The summed E-state index contributed by atoms with van der Waals surface area (Å²) in [5.41, 5.74) is 2.35. The molecule has 1 N–H and O–H groups in total. The van der Waals surface area contributed by atoms with Crippen molar-refractivity contribution < 1.29 is 18.0 Å². The van der Waals surface area contributed by atoms with Crippen molar-refractivity contribution in [2.24, 2.45) is 0 Å². The van der Waals surface area contributed by atoms with Gasteiger partial charge in [-0.1, -0.05) is 30.4 Å². The SMILES string of the molecule is N#Cc1cccc(-n2ccc(=S)c(Cc3cccc(NC(=O)C(F)(F)F)c3)n2)c1. The maximum absolute atomic E-state index is 12.4. The molecule has 1 amide bonds. The fourth-order valence-corrected chi connectivity index (χ4v) is 2.76. The second kappa shape index (κ2) is 8.24. The molecule has 9 heteroatoms. The molecule has 1 aromatic heterocycles. The van der Waals surface area contributed by atoms with Gasteiger partial charge < -0.3 is 5.32 Å². The van der Waals surface area contributed by atoms with E-state index in [4.69, 9.17) is 17.5 Å². The van der Waals surface area contributed by atoms with Crippen molar-refractivity contribution in [1.29, 1.82) is 5.26 Å². The van der Waals surface area contributed by atoms with Crippen LogP contribution in [0.1, 0.15) is 16.8 Å². The number of carbonyl (C=O) groups excluding carboxylic acids is 1. The molecule has 0 aliphatic rings. The van der Waals surface area contributed by atoms with Gasteiger partial charge in [-0.15, -0.1) is 0 Å². The highest BCUT2D eigenvalue weighted by Crippen LogP contribution is 2.20. The number of alkyl halides is 3. The van der Waals surface area contributed by atoms with Crippen LogP contribution in [0.4, 0.5) is 18.9 Å². The first-order chi connectivity index (χ1) is 13.8. The predicted molar refractivity (Wildman–Crippen MR) is 103 cm³/mol. The largest absolute Gasteiger partial charge is 0.471 e. The minimum absolute atomic E-state index is 0.0290. The number of nitrogens with one attached hydrogen (secondary N) is 1. The maximum atomic E-state index is 12.4. The van der Waals surface area contributed by atoms with E-state index in [1.165, 1.54) is 18.2 Å². The van der Waals surface area contributed by atoms with Gasteiger partial charge in [0.15, 0.2) is 0 Å². The van der Waals surface area contributed by atoms with Gasteiger partial charge in [0.25, 0.3) is 0 Å². The quantitative estimate of drug-likeness (QED) is 0.635. The zero-order valence-electron chi connectivity index (χ0n) is 14.8. The van der Waals surface area contributed by atoms with Crippen molar-refractivity contribution in [3.8, 4) is 11.8 Å². The Kier molecular flexibility index (Phi) is 5.75. The molecule has 0 fully saturated rings. The monoisotopic (exact) mass is 414 g/mol. The summed E-state index contributed by atoms with van der Waals surface area (Å²) in [6.07, 6.45) is -3.04. The summed E-state index contributed by atoms with van der Waals surface area (Å²) < 4.78 is 39.4. The molecule has 146 valence electrons. The molecule has 0 aliphatic heterocycles. The predicted octanol–water partition coefficient (Wildman–Crippen LogP) is 4.57. The number of amides is 1. The lowest BCUT2D eigenvalue weighted by Crippen LogP contribution is -2.29. The van der Waals surface area contributed by atoms with Crippen LogP contribution < -0.4 is 5.32 Å². The number of hydrogen-bond acceptors (Lipinski definition) is 4. The van der Waals surface area contributed by atoms with Gasteiger partial charge in [-0.25, -0.2) is 4.68 Å². The van der Waals surface area contributed by atoms with Crippen molar-refractivity contribution >= 4 is 23.8 Å². The van der Waals surface area contributed by atoms with Gasteiger partial charge in [-0.3, -0.25) is 4.79 Å². The molecular weight excluding hydrogens is 401 g/mol. The second-order valence-electron chi connectivity index (χ2n) is 6.06. The highest BCUT2D eigenvalue weighted by Gasteiger charge is 2.38. The zero-order valence-corrected chi connectivity index (χ0v) is 15.6. The lowest BCUT2D eigenvalue weighted by atomic mass is 10.1. The maximum Gasteiger partial charge on any atom is 0.471 e. The van der Waals surface area contributed by atoms with Crippen LogP contribution in [0.2, 0.25) is 0 Å². The molecule has 0 spiro atoms. The Labute approximate surface area is 169 Å². The smallest absolute Gasteiger partial charge is 0.318 e. The summed E-state index contributed by atoms with van der Waals surface area (Å²) in [5, 5.41) is 15.3. The number of rotatable bonds is 4. The Bertz CT molecular complexity index is 1170. The van der Waals surface area contributed by atoms with E-state index in [0.717, 1.165) is 0 Å². The molecule has 3 rings (SSSR count). The summed E-state index contributed by atoms with van der Waals surface area (Å²) in [4.78, 5) is 11.1. The topological polar surface area (TPSA) is 70.7 Å². The number of benzene rings is 2. The van der Waals surface area contributed by atoms with E-state index in [2.05, 4.69) is 11.2 Å². The van der Waals surface area contributed by atoms with Crippen LogP contribution in [0.3, 0.4) is 0 Å². The molecule has 0 aliphatic carbocycles. The lowest BCUT2D eigenvalue weighted by Gasteiger charge is -2.11. The van der Waals surface area contributed by atoms with Crippen molar-refractivity contribution in [2.45, 2.75) is 12.6 Å². The van der Waals surface area contributed by atoms with Crippen LogP contribution in [0.25, 0.3) is 5.69 Å². The fraction of sp³-hybridized carbons (Fsp3) is 0.100. The number of carbonyl (C=O) groups is 1. The van der Waals surface area contributed by atoms with Crippen LogP contribution >= 0.6 is 12.2 Å². The number of halogens is 3. The van der Waals surface area contributed by atoms with E-state index >= 15 is 0 Å². The molecule has 29 heavy (non-hydrogen) atoms. The van der Waals surface area contributed by atoms with Crippen LogP contribution in [0.15, 0.2) is 60.8 Å². The van der Waals surface area contributed by atoms with Gasteiger partial charge in [0.2, 0.25) is 0 Å². The fourth-order valence-electron chi connectivity index (χ4n) is 2.59. The number of nitriles is 1. The average molecular weight is 414 g/mol. The first-order valence-corrected chi connectivity index (χ1v) is 8.73. The third-order valence-corrected chi connectivity index (χ3v) is 4.31. The Morgan fingerprint density at radius 2 is 1.93 bits per heavy atom. The summed E-state index contributed by atoms with van der Waals surface area (Å²) in [6.45, 7) is 0. The summed E-state index contributed by atoms with van der Waals surface area (Å²) in [7, 11) is 0.